The minimum atomic E-state index is -0.790. The van der Waals surface area contributed by atoms with Gasteiger partial charge in [-0.05, 0) is 66.9 Å². The normalized spacial score (nSPS) is 16.3. The minimum absolute atomic E-state index is 0.170. The number of aryl methyl sites for hydroxylation is 1. The number of benzene rings is 3. The zero-order valence-corrected chi connectivity index (χ0v) is 22.8. The molecule has 0 radical (unpaired) electrons. The Labute approximate surface area is 228 Å². The second-order valence-electron chi connectivity index (χ2n) is 9.27. The van der Waals surface area contributed by atoms with Crippen molar-refractivity contribution in [2.24, 2.45) is 4.99 Å². The number of hydrogen-bond acceptors (Lipinski definition) is 8. The largest absolute Gasteiger partial charge is 0.496 e. The second-order valence-corrected chi connectivity index (χ2v) is 10.3. The Morgan fingerprint density at radius 1 is 1.15 bits per heavy atom. The highest BCUT2D eigenvalue weighted by atomic mass is 32.1. The van der Waals surface area contributed by atoms with Crippen molar-refractivity contribution in [2.45, 2.75) is 26.8 Å². The van der Waals surface area contributed by atoms with E-state index >= 15 is 0 Å². The van der Waals surface area contributed by atoms with Crippen molar-refractivity contribution in [1.82, 2.24) is 4.57 Å². The fraction of sp³-hybridized carbons (Fsp3) is 0.233. The Bertz CT molecular complexity index is 1870. The molecule has 0 unspecified atom stereocenters. The van der Waals surface area contributed by atoms with Gasteiger partial charge in [0.25, 0.3) is 5.56 Å². The summed E-state index contributed by atoms with van der Waals surface area (Å²) in [5, 5.41) is 1.84. The quantitative estimate of drug-likeness (QED) is 0.355. The van der Waals surface area contributed by atoms with Gasteiger partial charge >= 0.3 is 5.97 Å². The number of rotatable bonds is 5. The van der Waals surface area contributed by atoms with Crippen LogP contribution in [0.25, 0.3) is 16.8 Å². The van der Waals surface area contributed by atoms with Crippen molar-refractivity contribution in [3.05, 3.63) is 96.2 Å². The molecule has 2 aliphatic heterocycles. The molecule has 3 heterocycles. The zero-order chi connectivity index (χ0) is 27.3. The van der Waals surface area contributed by atoms with Crippen molar-refractivity contribution in [1.29, 1.82) is 0 Å². The van der Waals surface area contributed by atoms with E-state index in [0.29, 0.717) is 43.4 Å². The van der Waals surface area contributed by atoms with Crippen LogP contribution in [-0.4, -0.2) is 31.0 Å². The van der Waals surface area contributed by atoms with E-state index in [4.69, 9.17) is 23.9 Å². The van der Waals surface area contributed by atoms with Crippen molar-refractivity contribution in [3.8, 4) is 17.2 Å². The molecule has 4 aromatic rings. The molecule has 0 aliphatic carbocycles. The maximum atomic E-state index is 14.1. The van der Waals surface area contributed by atoms with Crippen LogP contribution in [0.1, 0.15) is 36.6 Å². The molecule has 0 bridgehead atoms. The van der Waals surface area contributed by atoms with Crippen LogP contribution in [0.2, 0.25) is 0 Å². The number of methoxy groups -OCH3 is 1. The van der Waals surface area contributed by atoms with Crippen LogP contribution in [-0.2, 0) is 9.53 Å². The van der Waals surface area contributed by atoms with Gasteiger partial charge in [-0.2, -0.15) is 0 Å². The number of carbonyl (C=O) groups is 1. The summed E-state index contributed by atoms with van der Waals surface area (Å²) in [6, 6.07) is 14.6. The van der Waals surface area contributed by atoms with Gasteiger partial charge in [0.2, 0.25) is 6.79 Å². The number of allylic oxidation sites excluding steroid dienone is 1. The number of thiazole rings is 1. The van der Waals surface area contributed by atoms with Gasteiger partial charge in [0.15, 0.2) is 16.3 Å². The predicted octanol–water partition coefficient (Wildman–Crippen LogP) is 4.00. The lowest BCUT2D eigenvalue weighted by molar-refractivity contribution is -0.139. The second kappa shape index (κ2) is 9.74. The van der Waals surface area contributed by atoms with Crippen molar-refractivity contribution in [3.63, 3.8) is 0 Å². The van der Waals surface area contributed by atoms with E-state index in [9.17, 15) is 9.59 Å². The molecule has 0 N–H and O–H groups in total. The van der Waals surface area contributed by atoms with Crippen LogP contribution < -0.4 is 29.1 Å². The van der Waals surface area contributed by atoms with Crippen LogP contribution in [0.3, 0.4) is 0 Å². The monoisotopic (exact) mass is 542 g/mol. The Balaban J connectivity index is 1.64. The Morgan fingerprint density at radius 3 is 2.69 bits per heavy atom. The summed E-state index contributed by atoms with van der Waals surface area (Å²) in [6.45, 7) is 5.85. The van der Waals surface area contributed by atoms with E-state index in [1.54, 1.807) is 25.5 Å². The number of fused-ring (bicyclic) bond motifs is 3. The van der Waals surface area contributed by atoms with Gasteiger partial charge in [0.05, 0.1) is 29.5 Å². The molecule has 3 aromatic carbocycles. The molecule has 6 rings (SSSR count). The third-order valence-corrected chi connectivity index (χ3v) is 7.97. The third-order valence-electron chi connectivity index (χ3n) is 6.99. The first-order chi connectivity index (χ1) is 18.9. The number of hydrogen-bond donors (Lipinski definition) is 0. The molecule has 2 aliphatic rings. The molecule has 0 saturated heterocycles. The van der Waals surface area contributed by atoms with Gasteiger partial charge in [-0.15, -0.1) is 0 Å². The average Bonchev–Trinajstić information content (AvgIpc) is 3.50. The fourth-order valence-corrected chi connectivity index (χ4v) is 6.19. The number of esters is 1. The van der Waals surface area contributed by atoms with Gasteiger partial charge in [-0.25, -0.2) is 9.79 Å². The van der Waals surface area contributed by atoms with Crippen LogP contribution in [0.15, 0.2) is 69.6 Å². The van der Waals surface area contributed by atoms with E-state index in [1.165, 1.54) is 11.3 Å². The molecule has 39 heavy (non-hydrogen) atoms. The average molecular weight is 543 g/mol. The van der Waals surface area contributed by atoms with Gasteiger partial charge in [-0.1, -0.05) is 41.7 Å². The SMILES string of the molecule is CCOC(=O)C1=C(C)N=c2sc(=Cc3cc4c(cc3C)OCO4)c(=O)n2[C@@H]1c1c(OC)ccc2ccccc12. The highest BCUT2D eigenvalue weighted by Gasteiger charge is 2.36. The van der Waals surface area contributed by atoms with Crippen molar-refractivity contribution in [2.75, 3.05) is 20.5 Å². The minimum Gasteiger partial charge on any atom is -0.496 e. The number of nitrogens with zero attached hydrogens (tertiary/aromatic N) is 2. The lowest BCUT2D eigenvalue weighted by atomic mass is 9.90. The summed E-state index contributed by atoms with van der Waals surface area (Å²) in [5.41, 5.74) is 3.04. The predicted molar refractivity (Wildman–Crippen MR) is 148 cm³/mol. The third kappa shape index (κ3) is 4.10. The zero-order valence-electron chi connectivity index (χ0n) is 21.9. The maximum absolute atomic E-state index is 14.1. The van der Waals surface area contributed by atoms with Crippen molar-refractivity contribution >= 4 is 34.2 Å². The molecular weight excluding hydrogens is 516 g/mol. The van der Waals surface area contributed by atoms with E-state index in [2.05, 4.69) is 0 Å². The van der Waals surface area contributed by atoms with Gasteiger partial charge in [0.1, 0.15) is 11.8 Å². The molecule has 0 amide bonds. The molecule has 8 nitrogen and oxygen atoms in total. The Hall–Kier alpha value is -4.37. The van der Waals surface area contributed by atoms with Crippen molar-refractivity contribution < 1.29 is 23.7 Å². The van der Waals surface area contributed by atoms with Gasteiger partial charge in [-0.3, -0.25) is 9.36 Å². The number of carbonyl (C=O) groups excluding carboxylic acids is 1. The molecule has 9 heteroatoms. The smallest absolute Gasteiger partial charge is 0.338 e. The molecule has 1 aromatic heterocycles. The Morgan fingerprint density at radius 2 is 1.92 bits per heavy atom. The van der Waals surface area contributed by atoms with E-state index < -0.39 is 12.0 Å². The van der Waals surface area contributed by atoms with E-state index in [1.807, 2.05) is 61.5 Å². The number of aromatic nitrogens is 1. The standard InChI is InChI=1S/C30H26N2O6S/c1-5-36-29(34)25-17(3)31-30-32(27(25)26-20-9-7-6-8-18(20)10-11-21(26)35-4)28(33)24(39-30)14-19-13-23-22(12-16(19)2)37-15-38-23/h6-14,27H,5,15H2,1-4H3/t27-/m0/s1. The topological polar surface area (TPSA) is 88.4 Å². The van der Waals surface area contributed by atoms with Crippen LogP contribution in [0, 0.1) is 6.92 Å². The lowest BCUT2D eigenvalue weighted by Crippen LogP contribution is -2.40. The Kier molecular flexibility index (Phi) is 6.23. The molecular formula is C30H26N2O6S. The summed E-state index contributed by atoms with van der Waals surface area (Å²) < 4.78 is 24.4. The first-order valence-electron chi connectivity index (χ1n) is 12.6. The van der Waals surface area contributed by atoms with Gasteiger partial charge < -0.3 is 18.9 Å². The first-order valence-corrected chi connectivity index (χ1v) is 13.4. The highest BCUT2D eigenvalue weighted by molar-refractivity contribution is 7.07. The van der Waals surface area contributed by atoms with Gasteiger partial charge in [0, 0.05) is 5.56 Å². The maximum Gasteiger partial charge on any atom is 0.338 e. The van der Waals surface area contributed by atoms with Crippen LogP contribution in [0.4, 0.5) is 0 Å². The number of ether oxygens (including phenoxy) is 4. The van der Waals surface area contributed by atoms with E-state index in [0.717, 1.165) is 21.9 Å². The molecule has 0 fully saturated rings. The van der Waals surface area contributed by atoms with Crippen LogP contribution >= 0.6 is 11.3 Å². The highest BCUT2D eigenvalue weighted by Crippen LogP contribution is 2.40. The summed E-state index contributed by atoms with van der Waals surface area (Å²) >= 11 is 1.28. The molecule has 198 valence electrons. The summed E-state index contributed by atoms with van der Waals surface area (Å²) in [7, 11) is 1.58. The molecule has 0 saturated carbocycles. The summed E-state index contributed by atoms with van der Waals surface area (Å²) in [6.07, 6.45) is 1.84. The summed E-state index contributed by atoms with van der Waals surface area (Å²) in [4.78, 5) is 32.7. The fourth-order valence-electron chi connectivity index (χ4n) is 5.16. The lowest BCUT2D eigenvalue weighted by Gasteiger charge is -2.27. The summed E-state index contributed by atoms with van der Waals surface area (Å²) in [5.74, 6) is 1.37. The molecule has 0 spiro atoms. The molecule has 1 atom stereocenters. The first kappa shape index (κ1) is 24.9. The van der Waals surface area contributed by atoms with E-state index in [-0.39, 0.29) is 19.0 Å². The van der Waals surface area contributed by atoms with Crippen LogP contribution in [0.5, 0.6) is 17.2 Å².